The van der Waals surface area contributed by atoms with Crippen LogP contribution in [0.4, 0.5) is 23.0 Å². The fourth-order valence-electron chi connectivity index (χ4n) is 2.81. The van der Waals surface area contributed by atoms with Gasteiger partial charge in [0.2, 0.25) is 0 Å². The monoisotopic (exact) mass is 333 g/mol. The highest BCUT2D eigenvalue weighted by molar-refractivity contribution is 5.79. The van der Waals surface area contributed by atoms with E-state index in [1.54, 1.807) is 6.33 Å². The summed E-state index contributed by atoms with van der Waals surface area (Å²) in [5, 5.41) is 3.39. The molecule has 3 N–H and O–H groups in total. The molecule has 128 valence electrons. The number of aromatic nitrogens is 2. The van der Waals surface area contributed by atoms with Crippen molar-refractivity contribution in [3.63, 3.8) is 0 Å². The third kappa shape index (κ3) is 3.71. The Kier molecular flexibility index (Phi) is 5.14. The Morgan fingerprint density at radius 3 is 2.28 bits per heavy atom. The summed E-state index contributed by atoms with van der Waals surface area (Å²) in [5.41, 5.74) is 9.18. The van der Waals surface area contributed by atoms with E-state index in [4.69, 9.17) is 5.73 Å². The van der Waals surface area contributed by atoms with Gasteiger partial charge in [0.05, 0.1) is 6.04 Å². The van der Waals surface area contributed by atoms with Crippen LogP contribution in [0.1, 0.15) is 25.5 Å². The van der Waals surface area contributed by atoms with E-state index in [0.717, 1.165) is 12.2 Å². The van der Waals surface area contributed by atoms with Crippen LogP contribution in [0.5, 0.6) is 0 Å². The molecule has 2 aromatic carbocycles. The summed E-state index contributed by atoms with van der Waals surface area (Å²) in [5.74, 6) is 1.36. The average Bonchev–Trinajstić information content (AvgIpc) is 2.67. The molecule has 0 aliphatic rings. The smallest absolute Gasteiger partial charge is 0.161 e. The molecule has 1 aromatic heterocycles. The summed E-state index contributed by atoms with van der Waals surface area (Å²) in [6.45, 7) is 4.93. The number of nitrogens with zero attached hydrogens (tertiary/aromatic N) is 3. The molecule has 0 radical (unpaired) electrons. The van der Waals surface area contributed by atoms with Gasteiger partial charge in [-0.15, -0.1) is 0 Å². The van der Waals surface area contributed by atoms with Gasteiger partial charge in [0.15, 0.2) is 11.6 Å². The summed E-state index contributed by atoms with van der Waals surface area (Å²) in [6, 6.07) is 20.4. The highest BCUT2D eigenvalue weighted by Gasteiger charge is 2.17. The quantitative estimate of drug-likeness (QED) is 0.700. The van der Waals surface area contributed by atoms with Gasteiger partial charge in [-0.1, -0.05) is 48.5 Å². The molecule has 3 aromatic rings. The molecule has 0 fully saturated rings. The summed E-state index contributed by atoms with van der Waals surface area (Å²) >= 11 is 0. The number of benzene rings is 2. The van der Waals surface area contributed by atoms with Crippen LogP contribution in [0.3, 0.4) is 0 Å². The van der Waals surface area contributed by atoms with Crippen LogP contribution >= 0.6 is 0 Å². The molecular weight excluding hydrogens is 310 g/mol. The topological polar surface area (TPSA) is 67.1 Å². The largest absolute Gasteiger partial charge is 0.393 e. The molecular formula is C20H23N5. The van der Waals surface area contributed by atoms with E-state index in [1.165, 1.54) is 5.56 Å². The molecule has 0 spiro atoms. The van der Waals surface area contributed by atoms with Crippen molar-refractivity contribution < 1.29 is 0 Å². The third-order valence-corrected chi connectivity index (χ3v) is 4.16. The Labute approximate surface area is 148 Å². The normalized spacial score (nSPS) is 11.8. The molecule has 1 heterocycles. The number of hydrogen-bond donors (Lipinski definition) is 2. The molecule has 0 amide bonds. The maximum atomic E-state index is 6.39. The fraction of sp³-hybridized carbons (Fsp3) is 0.200. The number of nitrogen functional groups attached to an aromatic ring is 1. The minimum Gasteiger partial charge on any atom is -0.393 e. The van der Waals surface area contributed by atoms with E-state index in [0.29, 0.717) is 17.3 Å². The predicted octanol–water partition coefficient (Wildman–Crippen LogP) is 4.39. The Morgan fingerprint density at radius 1 is 1.00 bits per heavy atom. The van der Waals surface area contributed by atoms with Gasteiger partial charge in [0.25, 0.3) is 0 Å². The van der Waals surface area contributed by atoms with Crippen molar-refractivity contribution >= 4 is 23.0 Å². The lowest BCUT2D eigenvalue weighted by molar-refractivity contribution is 0.871. The van der Waals surface area contributed by atoms with E-state index in [-0.39, 0.29) is 6.04 Å². The molecule has 5 heteroatoms. The van der Waals surface area contributed by atoms with Crippen molar-refractivity contribution in [3.05, 3.63) is 72.6 Å². The number of nitrogens with two attached hydrogens (primary N) is 1. The molecule has 5 nitrogen and oxygen atoms in total. The van der Waals surface area contributed by atoms with E-state index >= 15 is 0 Å². The van der Waals surface area contributed by atoms with Gasteiger partial charge in [0.1, 0.15) is 12.0 Å². The number of anilines is 4. The Hall–Kier alpha value is -3.08. The Morgan fingerprint density at radius 2 is 1.64 bits per heavy atom. The van der Waals surface area contributed by atoms with Crippen molar-refractivity contribution in [2.45, 2.75) is 19.9 Å². The van der Waals surface area contributed by atoms with Gasteiger partial charge in [-0.2, -0.15) is 0 Å². The number of para-hydroxylation sites is 1. The highest BCUT2D eigenvalue weighted by Crippen LogP contribution is 2.32. The van der Waals surface area contributed by atoms with E-state index in [1.807, 2.05) is 48.5 Å². The van der Waals surface area contributed by atoms with E-state index < -0.39 is 0 Å². The zero-order valence-corrected chi connectivity index (χ0v) is 14.6. The third-order valence-electron chi connectivity index (χ3n) is 4.16. The lowest BCUT2D eigenvalue weighted by Crippen LogP contribution is -2.20. The molecule has 1 atom stereocenters. The summed E-state index contributed by atoms with van der Waals surface area (Å²) in [4.78, 5) is 10.8. The van der Waals surface area contributed by atoms with Crippen molar-refractivity contribution in [1.29, 1.82) is 0 Å². The van der Waals surface area contributed by atoms with Gasteiger partial charge >= 0.3 is 0 Å². The summed E-state index contributed by atoms with van der Waals surface area (Å²) in [7, 11) is 0. The minimum atomic E-state index is 0.0954. The number of rotatable bonds is 6. The molecule has 1 unspecified atom stereocenters. The molecule has 25 heavy (non-hydrogen) atoms. The van der Waals surface area contributed by atoms with Crippen molar-refractivity contribution in [1.82, 2.24) is 9.97 Å². The Bertz CT molecular complexity index is 805. The van der Waals surface area contributed by atoms with Gasteiger partial charge in [-0.05, 0) is 31.5 Å². The standard InChI is InChI=1S/C20H23N5/c1-3-25(17-12-8-5-9-13-17)20-18(21)19(22-14-23-20)24-15(2)16-10-6-4-7-11-16/h4-15H,3,21H2,1-2H3,(H,22,23,24). The summed E-state index contributed by atoms with van der Waals surface area (Å²) in [6.07, 6.45) is 1.55. The van der Waals surface area contributed by atoms with Crippen LogP contribution in [0.2, 0.25) is 0 Å². The first-order chi connectivity index (χ1) is 12.2. The maximum absolute atomic E-state index is 6.39. The molecule has 0 aliphatic carbocycles. The molecule has 0 bridgehead atoms. The molecule has 0 saturated heterocycles. The van der Waals surface area contributed by atoms with Crippen LogP contribution in [-0.4, -0.2) is 16.5 Å². The van der Waals surface area contributed by atoms with Crippen molar-refractivity contribution in [2.75, 3.05) is 22.5 Å². The zero-order valence-electron chi connectivity index (χ0n) is 14.6. The second-order valence-electron chi connectivity index (χ2n) is 5.82. The van der Waals surface area contributed by atoms with Crippen molar-refractivity contribution in [3.8, 4) is 0 Å². The first kappa shape index (κ1) is 16.8. The van der Waals surface area contributed by atoms with Gasteiger partial charge < -0.3 is 16.0 Å². The van der Waals surface area contributed by atoms with Crippen molar-refractivity contribution in [2.24, 2.45) is 0 Å². The van der Waals surface area contributed by atoms with Crippen LogP contribution in [0.25, 0.3) is 0 Å². The van der Waals surface area contributed by atoms with Crippen LogP contribution in [0, 0.1) is 0 Å². The number of hydrogen-bond acceptors (Lipinski definition) is 5. The average molecular weight is 333 g/mol. The second kappa shape index (κ2) is 7.66. The highest BCUT2D eigenvalue weighted by atomic mass is 15.2. The lowest BCUT2D eigenvalue weighted by Gasteiger charge is -2.25. The maximum Gasteiger partial charge on any atom is 0.161 e. The Balaban J connectivity index is 1.89. The SMILES string of the molecule is CCN(c1ccccc1)c1ncnc(NC(C)c2ccccc2)c1N. The lowest BCUT2D eigenvalue weighted by atomic mass is 10.1. The second-order valence-corrected chi connectivity index (χ2v) is 5.82. The van der Waals surface area contributed by atoms with Crippen LogP contribution in [0.15, 0.2) is 67.0 Å². The van der Waals surface area contributed by atoms with Gasteiger partial charge in [0, 0.05) is 12.2 Å². The first-order valence-electron chi connectivity index (χ1n) is 8.45. The fourth-order valence-corrected chi connectivity index (χ4v) is 2.81. The predicted molar refractivity (Wildman–Crippen MR) is 104 cm³/mol. The first-order valence-corrected chi connectivity index (χ1v) is 8.45. The van der Waals surface area contributed by atoms with E-state index in [9.17, 15) is 0 Å². The molecule has 0 saturated carbocycles. The molecule has 0 aliphatic heterocycles. The van der Waals surface area contributed by atoms with Gasteiger partial charge in [-0.3, -0.25) is 0 Å². The molecule has 3 rings (SSSR count). The van der Waals surface area contributed by atoms with E-state index in [2.05, 4.69) is 46.2 Å². The van der Waals surface area contributed by atoms with Crippen LogP contribution in [-0.2, 0) is 0 Å². The summed E-state index contributed by atoms with van der Waals surface area (Å²) < 4.78 is 0. The minimum absolute atomic E-state index is 0.0954. The zero-order chi connectivity index (χ0) is 17.6. The number of nitrogens with one attached hydrogen (secondary N) is 1. The van der Waals surface area contributed by atoms with Gasteiger partial charge in [-0.25, -0.2) is 9.97 Å². The van der Waals surface area contributed by atoms with Crippen LogP contribution < -0.4 is 16.0 Å².